The molecule has 0 aliphatic heterocycles. The van der Waals surface area contributed by atoms with Gasteiger partial charge in [-0.3, -0.25) is 4.57 Å². The van der Waals surface area contributed by atoms with Gasteiger partial charge in [0.1, 0.15) is 0 Å². The first-order valence-electron chi connectivity index (χ1n) is 4.34. The molecule has 1 saturated carbocycles. The third kappa shape index (κ3) is 1.09. The van der Waals surface area contributed by atoms with Crippen LogP contribution in [0.15, 0.2) is 17.2 Å². The van der Waals surface area contributed by atoms with E-state index in [0.29, 0.717) is 11.5 Å². The number of nitrogens with zero attached hydrogens (tertiary/aromatic N) is 1. The van der Waals surface area contributed by atoms with Crippen LogP contribution in [0.25, 0.3) is 0 Å². The zero-order chi connectivity index (χ0) is 8.77. The number of hydrogen-bond donors (Lipinski definition) is 1. The molecule has 1 aromatic rings. The van der Waals surface area contributed by atoms with Crippen molar-refractivity contribution in [2.45, 2.75) is 32.7 Å². The van der Waals surface area contributed by atoms with Crippen LogP contribution in [-0.2, 0) is 0 Å². The number of H-pyrrole nitrogens is 1. The molecule has 66 valence electrons. The number of aromatic nitrogens is 2. The summed E-state index contributed by atoms with van der Waals surface area (Å²) in [7, 11) is 0. The van der Waals surface area contributed by atoms with Crippen LogP contribution in [0.5, 0.6) is 0 Å². The first kappa shape index (κ1) is 7.65. The van der Waals surface area contributed by atoms with Crippen LogP contribution in [0, 0.1) is 5.41 Å². The molecule has 3 nitrogen and oxygen atoms in total. The second-order valence-electron chi connectivity index (χ2n) is 4.40. The van der Waals surface area contributed by atoms with Crippen molar-refractivity contribution < 1.29 is 0 Å². The Balaban J connectivity index is 2.16. The highest BCUT2D eigenvalue weighted by Crippen LogP contribution is 2.46. The lowest BCUT2D eigenvalue weighted by Crippen LogP contribution is -2.37. The van der Waals surface area contributed by atoms with Crippen LogP contribution in [0.1, 0.15) is 32.7 Å². The average Bonchev–Trinajstić information content (AvgIpc) is 2.30. The highest BCUT2D eigenvalue weighted by Gasteiger charge is 2.37. The Hall–Kier alpha value is -0.990. The van der Waals surface area contributed by atoms with Crippen LogP contribution in [-0.4, -0.2) is 9.55 Å². The van der Waals surface area contributed by atoms with Crippen molar-refractivity contribution in [3.05, 3.63) is 22.9 Å². The molecule has 0 aromatic carbocycles. The minimum absolute atomic E-state index is 0.0236. The van der Waals surface area contributed by atoms with Crippen molar-refractivity contribution >= 4 is 0 Å². The van der Waals surface area contributed by atoms with Crippen LogP contribution in [0.4, 0.5) is 0 Å². The lowest BCUT2D eigenvalue weighted by molar-refractivity contribution is 0.102. The molecule has 1 aliphatic carbocycles. The Morgan fingerprint density at radius 2 is 2.25 bits per heavy atom. The van der Waals surface area contributed by atoms with E-state index in [-0.39, 0.29) is 5.69 Å². The van der Waals surface area contributed by atoms with Gasteiger partial charge in [0, 0.05) is 18.4 Å². The van der Waals surface area contributed by atoms with Gasteiger partial charge in [0.2, 0.25) is 0 Å². The molecule has 0 spiro atoms. The molecular weight excluding hydrogens is 152 g/mol. The van der Waals surface area contributed by atoms with E-state index in [1.807, 2.05) is 6.20 Å². The number of hydrogen-bond acceptors (Lipinski definition) is 1. The zero-order valence-corrected chi connectivity index (χ0v) is 7.50. The summed E-state index contributed by atoms with van der Waals surface area (Å²) in [6.07, 6.45) is 5.77. The molecule has 0 bridgehead atoms. The van der Waals surface area contributed by atoms with E-state index >= 15 is 0 Å². The minimum Gasteiger partial charge on any atom is -0.313 e. The molecule has 1 heterocycles. The molecule has 0 radical (unpaired) electrons. The maximum atomic E-state index is 11.2. The fourth-order valence-corrected chi connectivity index (χ4v) is 2.03. The van der Waals surface area contributed by atoms with Crippen molar-refractivity contribution in [1.29, 1.82) is 0 Å². The van der Waals surface area contributed by atoms with E-state index in [1.165, 1.54) is 0 Å². The molecule has 0 amide bonds. The van der Waals surface area contributed by atoms with E-state index in [0.717, 1.165) is 12.8 Å². The van der Waals surface area contributed by atoms with Crippen molar-refractivity contribution in [1.82, 2.24) is 9.55 Å². The van der Waals surface area contributed by atoms with Gasteiger partial charge in [-0.15, -0.1) is 0 Å². The first-order valence-corrected chi connectivity index (χ1v) is 4.34. The average molecular weight is 166 g/mol. The summed E-state index contributed by atoms with van der Waals surface area (Å²) in [6, 6.07) is 0.429. The van der Waals surface area contributed by atoms with Gasteiger partial charge in [-0.2, -0.15) is 0 Å². The van der Waals surface area contributed by atoms with Crippen molar-refractivity contribution in [3.8, 4) is 0 Å². The van der Waals surface area contributed by atoms with Gasteiger partial charge in [0.15, 0.2) is 0 Å². The van der Waals surface area contributed by atoms with E-state index in [4.69, 9.17) is 0 Å². The molecule has 1 N–H and O–H groups in total. The summed E-state index contributed by atoms with van der Waals surface area (Å²) in [5.41, 5.74) is 0.456. The van der Waals surface area contributed by atoms with E-state index in [1.54, 1.807) is 10.8 Å². The maximum absolute atomic E-state index is 11.2. The molecule has 0 unspecified atom stereocenters. The maximum Gasteiger partial charge on any atom is 0.325 e. The topological polar surface area (TPSA) is 37.8 Å². The largest absolute Gasteiger partial charge is 0.325 e. The van der Waals surface area contributed by atoms with Gasteiger partial charge in [-0.25, -0.2) is 4.79 Å². The van der Waals surface area contributed by atoms with Gasteiger partial charge >= 0.3 is 5.69 Å². The summed E-state index contributed by atoms with van der Waals surface area (Å²) < 4.78 is 1.80. The lowest BCUT2D eigenvalue weighted by atomic mass is 9.68. The first-order chi connectivity index (χ1) is 5.58. The third-order valence-electron chi connectivity index (χ3n) is 2.65. The molecule has 3 heteroatoms. The minimum atomic E-state index is 0.0236. The van der Waals surface area contributed by atoms with Gasteiger partial charge in [-0.1, -0.05) is 13.8 Å². The standard InChI is InChI=1S/C9H14N2O/c1-9(2)5-7(6-9)11-4-3-10-8(11)12/h3-4,7H,5-6H2,1-2H3,(H,10,12). The quantitative estimate of drug-likeness (QED) is 0.675. The Morgan fingerprint density at radius 1 is 1.58 bits per heavy atom. The molecule has 0 saturated heterocycles. The summed E-state index contributed by atoms with van der Waals surface area (Å²) in [6.45, 7) is 4.47. The molecular formula is C9H14N2O. The van der Waals surface area contributed by atoms with E-state index in [2.05, 4.69) is 18.8 Å². The Kier molecular flexibility index (Phi) is 1.43. The fraction of sp³-hybridized carbons (Fsp3) is 0.667. The predicted octanol–water partition coefficient (Wildman–Crippen LogP) is 1.54. The second-order valence-corrected chi connectivity index (χ2v) is 4.40. The van der Waals surface area contributed by atoms with Crippen molar-refractivity contribution in [2.75, 3.05) is 0 Å². The van der Waals surface area contributed by atoms with E-state index < -0.39 is 0 Å². The van der Waals surface area contributed by atoms with Crippen molar-refractivity contribution in [3.63, 3.8) is 0 Å². The summed E-state index contributed by atoms with van der Waals surface area (Å²) >= 11 is 0. The molecule has 12 heavy (non-hydrogen) atoms. The Labute approximate surface area is 71.4 Å². The third-order valence-corrected chi connectivity index (χ3v) is 2.65. The lowest BCUT2D eigenvalue weighted by Gasteiger charge is -2.42. The number of nitrogens with one attached hydrogen (secondary N) is 1. The predicted molar refractivity (Wildman–Crippen MR) is 47.1 cm³/mol. The van der Waals surface area contributed by atoms with E-state index in [9.17, 15) is 4.79 Å². The normalized spacial score (nSPS) is 22.2. The number of aromatic amines is 1. The van der Waals surface area contributed by atoms with Crippen LogP contribution in [0.2, 0.25) is 0 Å². The number of imidazole rings is 1. The smallest absolute Gasteiger partial charge is 0.313 e. The van der Waals surface area contributed by atoms with Crippen molar-refractivity contribution in [2.24, 2.45) is 5.41 Å². The summed E-state index contributed by atoms with van der Waals surface area (Å²) in [5.74, 6) is 0. The monoisotopic (exact) mass is 166 g/mol. The Bertz CT molecular complexity index is 326. The number of rotatable bonds is 1. The Morgan fingerprint density at radius 3 is 2.67 bits per heavy atom. The summed E-state index contributed by atoms with van der Waals surface area (Å²) in [4.78, 5) is 13.8. The van der Waals surface area contributed by atoms with Gasteiger partial charge in [0.25, 0.3) is 0 Å². The van der Waals surface area contributed by atoms with Gasteiger partial charge in [-0.05, 0) is 18.3 Å². The highest BCUT2D eigenvalue weighted by molar-refractivity contribution is 4.94. The molecule has 2 rings (SSSR count). The van der Waals surface area contributed by atoms with Gasteiger partial charge < -0.3 is 4.98 Å². The fourth-order valence-electron chi connectivity index (χ4n) is 2.03. The zero-order valence-electron chi connectivity index (χ0n) is 7.50. The van der Waals surface area contributed by atoms with Crippen LogP contribution >= 0.6 is 0 Å². The highest BCUT2D eigenvalue weighted by atomic mass is 16.1. The van der Waals surface area contributed by atoms with Crippen LogP contribution in [0.3, 0.4) is 0 Å². The SMILES string of the molecule is CC1(C)CC(n2cc[nH]c2=O)C1. The molecule has 1 aromatic heterocycles. The molecule has 1 fully saturated rings. The molecule has 1 aliphatic rings. The van der Waals surface area contributed by atoms with Crippen LogP contribution < -0.4 is 5.69 Å². The second kappa shape index (κ2) is 2.25. The van der Waals surface area contributed by atoms with Gasteiger partial charge in [0.05, 0.1) is 0 Å². The summed E-state index contributed by atoms with van der Waals surface area (Å²) in [5, 5.41) is 0. The molecule has 0 atom stereocenters.